The second-order valence-corrected chi connectivity index (χ2v) is 7.90. The molecule has 2 aromatic rings. The molecule has 162 valence electrons. The number of urea groups is 1. The van der Waals surface area contributed by atoms with Crippen LogP contribution in [0.1, 0.15) is 43.5 Å². The van der Waals surface area contributed by atoms with Crippen LogP contribution in [0.4, 0.5) is 4.79 Å². The van der Waals surface area contributed by atoms with Crippen molar-refractivity contribution in [3.63, 3.8) is 0 Å². The zero-order valence-corrected chi connectivity index (χ0v) is 17.7. The molecular formula is C23H25N3O5. The summed E-state index contributed by atoms with van der Waals surface area (Å²) in [5, 5.41) is 5.56. The van der Waals surface area contributed by atoms with Gasteiger partial charge in [-0.2, -0.15) is 0 Å². The Morgan fingerprint density at radius 3 is 2.58 bits per heavy atom. The summed E-state index contributed by atoms with van der Waals surface area (Å²) in [4.78, 5) is 39.1. The van der Waals surface area contributed by atoms with Crippen molar-refractivity contribution in [1.82, 2.24) is 15.5 Å². The number of imide groups is 1. The zero-order chi connectivity index (χ0) is 22.2. The second-order valence-electron chi connectivity index (χ2n) is 7.90. The van der Waals surface area contributed by atoms with Crippen molar-refractivity contribution < 1.29 is 23.9 Å². The van der Waals surface area contributed by atoms with E-state index < -0.39 is 23.4 Å². The number of fused-ring (bicyclic) bond motifs is 1. The molecule has 8 heteroatoms. The van der Waals surface area contributed by atoms with Gasteiger partial charge in [0.05, 0.1) is 6.04 Å². The molecule has 0 radical (unpaired) electrons. The Labute approximate surface area is 180 Å². The Bertz CT molecular complexity index is 1040. The third-order valence-corrected chi connectivity index (χ3v) is 5.79. The van der Waals surface area contributed by atoms with E-state index in [0.29, 0.717) is 17.1 Å². The van der Waals surface area contributed by atoms with Gasteiger partial charge in [0.2, 0.25) is 12.7 Å². The van der Waals surface area contributed by atoms with Gasteiger partial charge < -0.3 is 20.1 Å². The Balaban J connectivity index is 1.44. The van der Waals surface area contributed by atoms with E-state index in [4.69, 9.17) is 9.47 Å². The smallest absolute Gasteiger partial charge is 0.325 e. The second kappa shape index (κ2) is 7.94. The van der Waals surface area contributed by atoms with Crippen molar-refractivity contribution in [2.24, 2.45) is 0 Å². The van der Waals surface area contributed by atoms with E-state index in [1.165, 1.54) is 5.56 Å². The summed E-state index contributed by atoms with van der Waals surface area (Å²) in [7, 11) is 0. The van der Waals surface area contributed by atoms with Crippen molar-refractivity contribution in [3.8, 4) is 11.5 Å². The van der Waals surface area contributed by atoms with E-state index in [-0.39, 0.29) is 19.4 Å². The maximum Gasteiger partial charge on any atom is 0.325 e. The molecule has 8 nitrogen and oxygen atoms in total. The number of benzene rings is 2. The third kappa shape index (κ3) is 3.81. The van der Waals surface area contributed by atoms with Gasteiger partial charge in [-0.15, -0.1) is 0 Å². The minimum Gasteiger partial charge on any atom is -0.454 e. The summed E-state index contributed by atoms with van der Waals surface area (Å²) in [5.74, 6) is 0.193. The maximum atomic E-state index is 13.1. The molecule has 31 heavy (non-hydrogen) atoms. The third-order valence-electron chi connectivity index (χ3n) is 5.79. The molecule has 0 aromatic heterocycles. The minimum atomic E-state index is -1.29. The van der Waals surface area contributed by atoms with E-state index in [9.17, 15) is 14.4 Å². The number of amides is 4. The summed E-state index contributed by atoms with van der Waals surface area (Å²) in [6.07, 6.45) is 0.940. The molecular weight excluding hydrogens is 398 g/mol. The summed E-state index contributed by atoms with van der Waals surface area (Å²) in [6, 6.07) is 12.2. The molecule has 0 saturated carbocycles. The van der Waals surface area contributed by atoms with Gasteiger partial charge in [0.1, 0.15) is 12.1 Å². The molecule has 2 aliphatic heterocycles. The van der Waals surface area contributed by atoms with E-state index in [1.54, 1.807) is 25.1 Å². The Morgan fingerprint density at radius 2 is 1.87 bits per heavy atom. The highest BCUT2D eigenvalue weighted by atomic mass is 16.7. The van der Waals surface area contributed by atoms with Crippen LogP contribution in [-0.2, 0) is 21.5 Å². The molecule has 4 amide bonds. The van der Waals surface area contributed by atoms with Gasteiger partial charge in [-0.05, 0) is 49.1 Å². The minimum absolute atomic E-state index is 0.113. The molecule has 2 aliphatic rings. The molecule has 2 aromatic carbocycles. The number of ether oxygens (including phenoxy) is 2. The van der Waals surface area contributed by atoms with Crippen LogP contribution in [0.25, 0.3) is 0 Å². The first-order chi connectivity index (χ1) is 14.8. The van der Waals surface area contributed by atoms with Gasteiger partial charge in [0, 0.05) is 0 Å². The van der Waals surface area contributed by atoms with E-state index in [0.717, 1.165) is 16.9 Å². The molecule has 4 rings (SSSR count). The van der Waals surface area contributed by atoms with Crippen molar-refractivity contribution in [2.45, 2.75) is 38.8 Å². The molecule has 0 bridgehead atoms. The van der Waals surface area contributed by atoms with Gasteiger partial charge in [-0.25, -0.2) is 4.79 Å². The van der Waals surface area contributed by atoms with E-state index in [2.05, 4.69) is 17.6 Å². The molecule has 1 saturated heterocycles. The fraction of sp³-hybridized carbons (Fsp3) is 0.348. The van der Waals surface area contributed by atoms with Crippen LogP contribution >= 0.6 is 0 Å². The lowest BCUT2D eigenvalue weighted by molar-refractivity contribution is -0.135. The molecule has 2 atom stereocenters. The molecule has 0 aliphatic carbocycles. The highest BCUT2D eigenvalue weighted by molar-refractivity contribution is 6.09. The topological polar surface area (TPSA) is 97.0 Å². The average molecular weight is 423 g/mol. The predicted octanol–water partition coefficient (Wildman–Crippen LogP) is 2.62. The number of carbonyl (C=O) groups is 3. The largest absolute Gasteiger partial charge is 0.454 e. The van der Waals surface area contributed by atoms with Crippen molar-refractivity contribution in [2.75, 3.05) is 13.3 Å². The van der Waals surface area contributed by atoms with Gasteiger partial charge >= 0.3 is 6.03 Å². The van der Waals surface area contributed by atoms with Crippen LogP contribution < -0.4 is 20.1 Å². The van der Waals surface area contributed by atoms with Crippen molar-refractivity contribution in [3.05, 3.63) is 59.2 Å². The lowest BCUT2D eigenvalue weighted by Gasteiger charge is -2.22. The van der Waals surface area contributed by atoms with Gasteiger partial charge in [-0.3, -0.25) is 14.5 Å². The van der Waals surface area contributed by atoms with Gasteiger partial charge in [-0.1, -0.05) is 37.3 Å². The molecule has 2 N–H and O–H groups in total. The lowest BCUT2D eigenvalue weighted by Crippen LogP contribution is -2.43. The molecule has 0 spiro atoms. The Morgan fingerprint density at radius 1 is 1.16 bits per heavy atom. The highest BCUT2D eigenvalue weighted by Crippen LogP contribution is 2.37. The number of nitrogens with zero attached hydrogens (tertiary/aromatic N) is 1. The van der Waals surface area contributed by atoms with Crippen LogP contribution in [0.2, 0.25) is 0 Å². The SMILES string of the molecule is CCc1ccc([C@H](C)NC(=O)CN2C(=O)N[C@](C)(c3ccc4c(c3)OCO4)C2=O)cc1. The first-order valence-electron chi connectivity index (χ1n) is 10.2. The predicted molar refractivity (Wildman–Crippen MR) is 113 cm³/mol. The summed E-state index contributed by atoms with van der Waals surface area (Å²) in [5.41, 5.74) is 1.43. The number of nitrogens with one attached hydrogen (secondary N) is 2. The standard InChI is InChI=1S/C23H25N3O5/c1-4-15-5-7-16(8-6-15)14(2)24-20(27)12-26-21(28)23(3,25-22(26)29)17-9-10-18-19(11-17)31-13-30-18/h5-11,14H,4,12-13H2,1-3H3,(H,24,27)(H,25,29)/t14-,23+/m0/s1. The summed E-state index contributed by atoms with van der Waals surface area (Å²) in [6.45, 7) is 5.31. The zero-order valence-electron chi connectivity index (χ0n) is 17.7. The monoisotopic (exact) mass is 423 g/mol. The van der Waals surface area contributed by atoms with Gasteiger partial charge in [0.15, 0.2) is 11.5 Å². The lowest BCUT2D eigenvalue weighted by atomic mass is 9.91. The van der Waals surface area contributed by atoms with Crippen LogP contribution in [0.5, 0.6) is 11.5 Å². The van der Waals surface area contributed by atoms with Crippen LogP contribution in [0, 0.1) is 0 Å². The first kappa shape index (κ1) is 20.7. The van der Waals surface area contributed by atoms with Crippen molar-refractivity contribution >= 4 is 17.8 Å². The normalized spacial score (nSPS) is 20.5. The first-order valence-corrected chi connectivity index (χ1v) is 10.2. The van der Waals surface area contributed by atoms with Crippen molar-refractivity contribution in [1.29, 1.82) is 0 Å². The van der Waals surface area contributed by atoms with Gasteiger partial charge in [0.25, 0.3) is 5.91 Å². The number of aryl methyl sites for hydroxylation is 1. The molecule has 2 heterocycles. The summed E-state index contributed by atoms with van der Waals surface area (Å²) >= 11 is 0. The number of carbonyl (C=O) groups excluding carboxylic acids is 3. The van der Waals surface area contributed by atoms with E-state index in [1.807, 2.05) is 31.2 Å². The Kier molecular flexibility index (Phi) is 5.31. The maximum absolute atomic E-state index is 13.1. The number of hydrogen-bond donors (Lipinski definition) is 2. The van der Waals surface area contributed by atoms with Crippen LogP contribution in [0.15, 0.2) is 42.5 Å². The number of hydrogen-bond acceptors (Lipinski definition) is 5. The van der Waals surface area contributed by atoms with Crippen LogP contribution in [0.3, 0.4) is 0 Å². The fourth-order valence-corrected chi connectivity index (χ4v) is 3.80. The molecule has 0 unspecified atom stereocenters. The average Bonchev–Trinajstić information content (AvgIpc) is 3.32. The Hall–Kier alpha value is -3.55. The van der Waals surface area contributed by atoms with E-state index >= 15 is 0 Å². The fourth-order valence-electron chi connectivity index (χ4n) is 3.80. The molecule has 1 fully saturated rings. The summed E-state index contributed by atoms with van der Waals surface area (Å²) < 4.78 is 10.7. The highest BCUT2D eigenvalue weighted by Gasteiger charge is 2.49. The van der Waals surface area contributed by atoms with Crippen LogP contribution in [-0.4, -0.2) is 36.1 Å². The number of rotatable bonds is 6. The quantitative estimate of drug-likeness (QED) is 0.697.